The minimum absolute atomic E-state index is 0.151. The van der Waals surface area contributed by atoms with Crippen molar-refractivity contribution in [3.8, 4) is 5.75 Å². The molecule has 2 aliphatic rings. The van der Waals surface area contributed by atoms with Crippen LogP contribution in [0.25, 0.3) is 0 Å². The Morgan fingerprint density at radius 3 is 2.39 bits per heavy atom. The van der Waals surface area contributed by atoms with E-state index in [1.54, 1.807) is 12.1 Å². The van der Waals surface area contributed by atoms with Gasteiger partial charge in [-0.25, -0.2) is 0 Å². The number of rotatable bonds is 7. The number of para-hydroxylation sites is 1. The van der Waals surface area contributed by atoms with Crippen molar-refractivity contribution in [1.82, 2.24) is 4.90 Å². The molecule has 2 fully saturated rings. The highest BCUT2D eigenvalue weighted by Crippen LogP contribution is 2.38. The Hall–Kier alpha value is -2.53. The van der Waals surface area contributed by atoms with Crippen LogP contribution in [0.1, 0.15) is 59.6 Å². The third-order valence-corrected chi connectivity index (χ3v) is 8.46. The van der Waals surface area contributed by atoms with Gasteiger partial charge in [-0.2, -0.15) is 0 Å². The Morgan fingerprint density at radius 2 is 1.64 bits per heavy atom. The van der Waals surface area contributed by atoms with Gasteiger partial charge in [-0.15, -0.1) is 0 Å². The largest absolute Gasteiger partial charge is 0.508 e. The normalized spacial score (nSPS) is 17.9. The van der Waals surface area contributed by atoms with Crippen molar-refractivity contribution < 1.29 is 9.90 Å². The second kappa shape index (κ2) is 11.2. The third kappa shape index (κ3) is 5.41. The lowest BCUT2D eigenvalue weighted by Gasteiger charge is -2.41. The van der Waals surface area contributed by atoms with Crippen molar-refractivity contribution in [3.05, 3.63) is 93.5 Å². The van der Waals surface area contributed by atoms with Crippen molar-refractivity contribution in [2.45, 2.75) is 38.1 Å². The maximum absolute atomic E-state index is 13.1. The fraction of sp³-hybridized carbons (Fsp3) is 0.367. The molecule has 3 aromatic carbocycles. The Morgan fingerprint density at radius 1 is 0.917 bits per heavy atom. The Kier molecular flexibility index (Phi) is 7.85. The molecule has 0 radical (unpaired) electrons. The molecular weight excluding hydrogens is 491 g/mol. The van der Waals surface area contributed by atoms with Gasteiger partial charge in [0, 0.05) is 43.7 Å². The second-order valence-corrected chi connectivity index (χ2v) is 10.7. The number of carbonyl (C=O) groups excluding carboxylic acids is 1. The number of phenols is 1. The predicted molar refractivity (Wildman–Crippen MR) is 148 cm³/mol. The van der Waals surface area contributed by atoms with Gasteiger partial charge in [0.05, 0.1) is 21.8 Å². The molecule has 1 saturated carbocycles. The summed E-state index contributed by atoms with van der Waals surface area (Å²) < 4.78 is 0. The molecule has 1 aliphatic heterocycles. The molecule has 6 heteroatoms. The maximum Gasteiger partial charge on any atom is 0.163 e. The fourth-order valence-electron chi connectivity index (χ4n) is 5.74. The zero-order valence-electron chi connectivity index (χ0n) is 20.4. The molecule has 1 unspecified atom stereocenters. The van der Waals surface area contributed by atoms with Crippen LogP contribution in [0.3, 0.4) is 0 Å². The molecule has 0 aromatic heterocycles. The van der Waals surface area contributed by atoms with Gasteiger partial charge in [-0.1, -0.05) is 91.3 Å². The van der Waals surface area contributed by atoms with Crippen molar-refractivity contribution in [2.75, 3.05) is 31.1 Å². The van der Waals surface area contributed by atoms with Gasteiger partial charge in [0.25, 0.3) is 0 Å². The van der Waals surface area contributed by atoms with Crippen molar-refractivity contribution in [2.24, 2.45) is 5.92 Å². The van der Waals surface area contributed by atoms with Crippen molar-refractivity contribution in [1.29, 1.82) is 0 Å². The van der Waals surface area contributed by atoms with Gasteiger partial charge in [-0.3, -0.25) is 9.69 Å². The third-order valence-electron chi connectivity index (χ3n) is 7.66. The lowest BCUT2D eigenvalue weighted by molar-refractivity contribution is 0.0962. The van der Waals surface area contributed by atoms with Gasteiger partial charge >= 0.3 is 0 Å². The molecule has 1 N–H and O–H groups in total. The summed E-state index contributed by atoms with van der Waals surface area (Å²) in [4.78, 5) is 17.8. The first-order valence-electron chi connectivity index (χ1n) is 12.9. The van der Waals surface area contributed by atoms with E-state index in [9.17, 15) is 9.90 Å². The monoisotopic (exact) mass is 522 g/mol. The highest BCUT2D eigenvalue weighted by Gasteiger charge is 2.29. The van der Waals surface area contributed by atoms with E-state index in [4.69, 9.17) is 23.2 Å². The number of carbonyl (C=O) groups is 1. The van der Waals surface area contributed by atoms with Gasteiger partial charge < -0.3 is 10.0 Å². The zero-order valence-corrected chi connectivity index (χ0v) is 21.9. The Bertz CT molecular complexity index is 1220. The minimum Gasteiger partial charge on any atom is -0.508 e. The van der Waals surface area contributed by atoms with E-state index in [2.05, 4.69) is 15.9 Å². The van der Waals surface area contributed by atoms with Crippen LogP contribution < -0.4 is 4.90 Å². The van der Waals surface area contributed by atoms with Crippen LogP contribution in [0.5, 0.6) is 5.75 Å². The average Bonchev–Trinajstić information content (AvgIpc) is 3.41. The average molecular weight is 524 g/mol. The number of nitrogens with zero attached hydrogens (tertiary/aromatic N) is 2. The summed E-state index contributed by atoms with van der Waals surface area (Å²) in [5.41, 5.74) is 3.60. The number of anilines is 1. The summed E-state index contributed by atoms with van der Waals surface area (Å²) in [6.45, 7) is 3.12. The van der Waals surface area contributed by atoms with Crippen LogP contribution in [0.4, 0.5) is 5.69 Å². The molecule has 5 rings (SSSR count). The number of hydrogen-bond acceptors (Lipinski definition) is 4. The van der Waals surface area contributed by atoms with Crippen LogP contribution in [-0.4, -0.2) is 42.0 Å². The van der Waals surface area contributed by atoms with Crippen LogP contribution in [-0.2, 0) is 0 Å². The Labute approximate surface area is 223 Å². The van der Waals surface area contributed by atoms with Crippen LogP contribution in [0, 0.1) is 5.92 Å². The quantitative estimate of drug-likeness (QED) is 0.329. The van der Waals surface area contributed by atoms with E-state index in [0.29, 0.717) is 22.4 Å². The van der Waals surface area contributed by atoms with Crippen LogP contribution >= 0.6 is 23.2 Å². The van der Waals surface area contributed by atoms with Gasteiger partial charge in [-0.05, 0) is 35.7 Å². The topological polar surface area (TPSA) is 43.8 Å². The first kappa shape index (κ1) is 25.1. The molecule has 0 spiro atoms. The summed E-state index contributed by atoms with van der Waals surface area (Å²) in [6, 6.07) is 21.1. The second-order valence-electron chi connectivity index (χ2n) is 9.96. The van der Waals surface area contributed by atoms with E-state index in [1.807, 2.05) is 48.5 Å². The smallest absolute Gasteiger partial charge is 0.163 e. The lowest BCUT2D eigenvalue weighted by Crippen LogP contribution is -2.48. The number of hydrogen-bond donors (Lipinski definition) is 1. The van der Waals surface area contributed by atoms with Crippen molar-refractivity contribution >= 4 is 34.7 Å². The maximum atomic E-state index is 13.1. The number of piperazine rings is 1. The summed E-state index contributed by atoms with van der Waals surface area (Å²) >= 11 is 12.8. The fourth-order valence-corrected chi connectivity index (χ4v) is 6.16. The SMILES string of the molecule is O=C(CC1CCCC1)c1cccc(C(c2ccccc2O)N2CCN(c3cccc(Cl)c3Cl)CC2)c1. The molecule has 1 saturated heterocycles. The van der Waals surface area contributed by atoms with E-state index >= 15 is 0 Å². The molecule has 1 aliphatic carbocycles. The summed E-state index contributed by atoms with van der Waals surface area (Å²) in [5.74, 6) is 1.01. The Balaban J connectivity index is 1.40. The molecular formula is C30H32Cl2N2O2. The first-order chi connectivity index (χ1) is 17.5. The molecule has 1 atom stereocenters. The molecule has 0 bridgehead atoms. The molecule has 1 heterocycles. The number of halogens is 2. The molecule has 0 amide bonds. The standard InChI is InChI=1S/C30H32Cl2N2O2/c31-25-12-6-13-26(29(25)32)33-15-17-34(18-16-33)30(24-11-3-4-14-27(24)35)23-10-5-9-22(20-23)28(36)19-21-7-1-2-8-21/h3-6,9-14,20-21,30,35H,1-2,7-8,15-19H2. The zero-order chi connectivity index (χ0) is 25.1. The highest BCUT2D eigenvalue weighted by molar-refractivity contribution is 6.43. The summed E-state index contributed by atoms with van der Waals surface area (Å²) in [7, 11) is 0. The number of benzene rings is 3. The van der Waals surface area contributed by atoms with Gasteiger partial charge in [0.15, 0.2) is 5.78 Å². The number of aromatic hydroxyl groups is 1. The number of Topliss-reactive ketones (excluding diaryl/α,β-unsaturated/α-hetero) is 1. The van der Waals surface area contributed by atoms with Gasteiger partial charge in [0.1, 0.15) is 5.75 Å². The number of ketones is 1. The molecule has 4 nitrogen and oxygen atoms in total. The molecule has 188 valence electrons. The van der Waals surface area contributed by atoms with E-state index in [-0.39, 0.29) is 17.6 Å². The van der Waals surface area contributed by atoms with Crippen molar-refractivity contribution in [3.63, 3.8) is 0 Å². The number of phenolic OH excluding ortho intramolecular Hbond substituents is 1. The predicted octanol–water partition coefficient (Wildman–Crippen LogP) is 7.37. The summed E-state index contributed by atoms with van der Waals surface area (Å²) in [6.07, 6.45) is 5.42. The lowest BCUT2D eigenvalue weighted by atomic mass is 9.91. The minimum atomic E-state index is -0.151. The van der Waals surface area contributed by atoms with Crippen LogP contribution in [0.2, 0.25) is 10.0 Å². The summed E-state index contributed by atoms with van der Waals surface area (Å²) in [5, 5.41) is 11.9. The molecule has 3 aromatic rings. The van der Waals surface area contributed by atoms with Gasteiger partial charge in [0.2, 0.25) is 0 Å². The van der Waals surface area contributed by atoms with E-state index in [0.717, 1.165) is 61.4 Å². The van der Waals surface area contributed by atoms with E-state index in [1.165, 1.54) is 12.8 Å². The first-order valence-corrected chi connectivity index (χ1v) is 13.6. The molecule has 36 heavy (non-hydrogen) atoms. The highest BCUT2D eigenvalue weighted by atomic mass is 35.5. The van der Waals surface area contributed by atoms with Crippen LogP contribution in [0.15, 0.2) is 66.7 Å². The van der Waals surface area contributed by atoms with E-state index < -0.39 is 0 Å².